The third kappa shape index (κ3) is 4.36. The molecular weight excluding hydrogens is 211 g/mol. The first-order chi connectivity index (χ1) is 6.97. The molecule has 0 aliphatic heterocycles. The van der Waals surface area contributed by atoms with Gasteiger partial charge in [0.2, 0.25) is 0 Å². The van der Waals surface area contributed by atoms with Crippen LogP contribution in [0.1, 0.15) is 25.7 Å². The van der Waals surface area contributed by atoms with Crippen molar-refractivity contribution in [3.05, 3.63) is 0 Å². The molecule has 0 spiro atoms. The molecule has 0 aromatic rings. The molecule has 6 heteroatoms. The Morgan fingerprint density at radius 3 is 2.27 bits per heavy atom. The zero-order valence-electron chi connectivity index (χ0n) is 8.48. The van der Waals surface area contributed by atoms with Crippen LogP contribution in [0.15, 0.2) is 0 Å². The zero-order chi connectivity index (χ0) is 11.4. The second-order valence-corrected chi connectivity index (χ2v) is 3.82. The van der Waals surface area contributed by atoms with E-state index in [0.717, 1.165) is 25.7 Å². The lowest BCUT2D eigenvalue weighted by Gasteiger charge is -2.27. The fourth-order valence-corrected chi connectivity index (χ4v) is 1.75. The molecule has 0 heterocycles. The van der Waals surface area contributed by atoms with Gasteiger partial charge in [-0.25, -0.2) is 0 Å². The molecule has 2 N–H and O–H groups in total. The summed E-state index contributed by atoms with van der Waals surface area (Å²) in [6.45, 7) is -1.27. The van der Waals surface area contributed by atoms with E-state index in [1.807, 2.05) is 0 Å². The van der Waals surface area contributed by atoms with Gasteiger partial charge in [-0.15, -0.1) is 0 Å². The minimum Gasteiger partial charge on any atom is -0.348 e. The summed E-state index contributed by atoms with van der Waals surface area (Å²) in [6, 6.07) is 0. The van der Waals surface area contributed by atoms with Gasteiger partial charge in [-0.05, 0) is 12.8 Å². The first kappa shape index (κ1) is 12.7. The molecule has 3 nitrogen and oxygen atoms in total. The van der Waals surface area contributed by atoms with E-state index in [2.05, 4.69) is 4.74 Å². The molecule has 0 saturated heterocycles. The number of ether oxygens (including phenoxy) is 2. The highest BCUT2D eigenvalue weighted by Gasteiger charge is 2.34. The summed E-state index contributed by atoms with van der Waals surface area (Å²) in [6.07, 6.45) is -0.667. The standard InChI is InChI=1S/C9H16F3NO2/c10-9(11,12)6-14-7-15-8(5-13)3-1-2-4-8/h1-7,13H2. The topological polar surface area (TPSA) is 44.5 Å². The molecule has 0 bridgehead atoms. The first-order valence-electron chi connectivity index (χ1n) is 4.96. The largest absolute Gasteiger partial charge is 0.411 e. The summed E-state index contributed by atoms with van der Waals surface area (Å²) >= 11 is 0. The smallest absolute Gasteiger partial charge is 0.348 e. The van der Waals surface area contributed by atoms with Crippen LogP contribution >= 0.6 is 0 Å². The van der Waals surface area contributed by atoms with Crippen LogP contribution in [0.5, 0.6) is 0 Å². The molecule has 0 amide bonds. The molecule has 0 atom stereocenters. The maximum atomic E-state index is 11.7. The second kappa shape index (κ2) is 5.14. The quantitative estimate of drug-likeness (QED) is 0.575. The molecule has 0 aromatic carbocycles. The van der Waals surface area contributed by atoms with Gasteiger partial charge in [0.1, 0.15) is 13.4 Å². The van der Waals surface area contributed by atoms with E-state index in [1.165, 1.54) is 0 Å². The van der Waals surface area contributed by atoms with E-state index in [1.54, 1.807) is 0 Å². The average molecular weight is 227 g/mol. The van der Waals surface area contributed by atoms with E-state index in [0.29, 0.717) is 6.54 Å². The maximum absolute atomic E-state index is 11.7. The summed E-state index contributed by atoms with van der Waals surface area (Å²) in [5.74, 6) is 0. The van der Waals surface area contributed by atoms with Gasteiger partial charge in [0, 0.05) is 6.54 Å². The summed E-state index contributed by atoms with van der Waals surface area (Å²) in [7, 11) is 0. The first-order valence-corrected chi connectivity index (χ1v) is 4.96. The van der Waals surface area contributed by atoms with Crippen molar-refractivity contribution in [3.8, 4) is 0 Å². The number of rotatable bonds is 5. The van der Waals surface area contributed by atoms with Gasteiger partial charge < -0.3 is 15.2 Å². The van der Waals surface area contributed by atoms with E-state index in [4.69, 9.17) is 10.5 Å². The Bertz CT molecular complexity index is 190. The van der Waals surface area contributed by atoms with E-state index < -0.39 is 18.4 Å². The van der Waals surface area contributed by atoms with Crippen molar-refractivity contribution in [2.45, 2.75) is 37.5 Å². The highest BCUT2D eigenvalue weighted by atomic mass is 19.4. The van der Waals surface area contributed by atoms with Crippen molar-refractivity contribution in [2.75, 3.05) is 19.9 Å². The normalized spacial score (nSPS) is 20.8. The van der Waals surface area contributed by atoms with Crippen molar-refractivity contribution in [2.24, 2.45) is 5.73 Å². The van der Waals surface area contributed by atoms with E-state index in [9.17, 15) is 13.2 Å². The highest BCUT2D eigenvalue weighted by Crippen LogP contribution is 2.32. The summed E-state index contributed by atoms with van der Waals surface area (Å²) in [5, 5.41) is 0. The fraction of sp³-hybridized carbons (Fsp3) is 1.00. The molecule has 90 valence electrons. The Kier molecular flexibility index (Phi) is 4.36. The van der Waals surface area contributed by atoms with E-state index in [-0.39, 0.29) is 6.79 Å². The molecule has 1 rings (SSSR count). The summed E-state index contributed by atoms with van der Waals surface area (Å²) in [4.78, 5) is 0. The Morgan fingerprint density at radius 2 is 1.80 bits per heavy atom. The van der Waals surface area contributed by atoms with Crippen molar-refractivity contribution in [1.82, 2.24) is 0 Å². The molecule has 1 aliphatic carbocycles. The van der Waals surface area contributed by atoms with Crippen molar-refractivity contribution >= 4 is 0 Å². The monoisotopic (exact) mass is 227 g/mol. The fourth-order valence-electron chi connectivity index (χ4n) is 1.75. The van der Waals surface area contributed by atoms with Gasteiger partial charge in [-0.2, -0.15) is 13.2 Å². The van der Waals surface area contributed by atoms with Crippen LogP contribution in [0.25, 0.3) is 0 Å². The summed E-state index contributed by atoms with van der Waals surface area (Å²) in [5.41, 5.74) is 5.08. The molecule has 0 aromatic heterocycles. The number of nitrogens with two attached hydrogens (primary N) is 1. The highest BCUT2D eigenvalue weighted by molar-refractivity contribution is 4.86. The van der Waals surface area contributed by atoms with Crippen LogP contribution in [0.2, 0.25) is 0 Å². The number of halogens is 3. The Balaban J connectivity index is 2.18. The molecule has 1 aliphatic rings. The van der Waals surface area contributed by atoms with E-state index >= 15 is 0 Å². The van der Waals surface area contributed by atoms with Crippen LogP contribution in [0, 0.1) is 0 Å². The molecule has 1 fully saturated rings. The predicted octanol–water partition coefficient (Wildman–Crippen LogP) is 1.81. The van der Waals surface area contributed by atoms with Crippen LogP contribution in [0.3, 0.4) is 0 Å². The van der Waals surface area contributed by atoms with Gasteiger partial charge in [0.05, 0.1) is 5.60 Å². The van der Waals surface area contributed by atoms with Gasteiger partial charge >= 0.3 is 6.18 Å². The van der Waals surface area contributed by atoms with Crippen molar-refractivity contribution in [3.63, 3.8) is 0 Å². The minimum atomic E-state index is -4.30. The van der Waals surface area contributed by atoms with Crippen LogP contribution in [0.4, 0.5) is 13.2 Å². The van der Waals surface area contributed by atoms with Crippen molar-refractivity contribution in [1.29, 1.82) is 0 Å². The molecular formula is C9H16F3NO2. The molecule has 15 heavy (non-hydrogen) atoms. The second-order valence-electron chi connectivity index (χ2n) is 3.82. The third-order valence-electron chi connectivity index (χ3n) is 2.60. The Morgan fingerprint density at radius 1 is 1.20 bits per heavy atom. The lowest BCUT2D eigenvalue weighted by molar-refractivity contribution is -0.214. The van der Waals surface area contributed by atoms with Crippen LogP contribution < -0.4 is 5.73 Å². The minimum absolute atomic E-state index is 0.336. The van der Waals surface area contributed by atoms with Gasteiger partial charge in [-0.1, -0.05) is 12.8 Å². The Labute approximate surface area is 86.7 Å². The van der Waals surface area contributed by atoms with Gasteiger partial charge in [0.25, 0.3) is 0 Å². The Hall–Kier alpha value is -0.330. The third-order valence-corrected chi connectivity index (χ3v) is 2.60. The SMILES string of the molecule is NCC1(OCOCC(F)(F)F)CCCC1. The van der Waals surface area contributed by atoms with Gasteiger partial charge in [-0.3, -0.25) is 0 Å². The summed E-state index contributed by atoms with van der Waals surface area (Å²) < 4.78 is 44.9. The average Bonchev–Trinajstić information content (AvgIpc) is 2.60. The zero-order valence-corrected chi connectivity index (χ0v) is 8.48. The lowest BCUT2D eigenvalue weighted by Crippen LogP contribution is -2.38. The number of alkyl halides is 3. The van der Waals surface area contributed by atoms with Crippen LogP contribution in [-0.2, 0) is 9.47 Å². The van der Waals surface area contributed by atoms with Gasteiger partial charge in [0.15, 0.2) is 0 Å². The maximum Gasteiger partial charge on any atom is 0.411 e. The van der Waals surface area contributed by atoms with Crippen molar-refractivity contribution < 1.29 is 22.6 Å². The lowest BCUT2D eigenvalue weighted by atomic mass is 10.0. The number of hydrogen-bond donors (Lipinski definition) is 1. The predicted molar refractivity (Wildman–Crippen MR) is 48.2 cm³/mol. The van der Waals surface area contributed by atoms with Crippen LogP contribution in [-0.4, -0.2) is 31.7 Å². The molecule has 0 radical (unpaired) electrons. The number of hydrogen-bond acceptors (Lipinski definition) is 3. The molecule has 0 unspecified atom stereocenters. The molecule has 1 saturated carbocycles.